The van der Waals surface area contributed by atoms with Crippen LogP contribution in [0.15, 0.2) is 131 Å². The monoisotopic (exact) mass is 1070 g/mol. The average Bonchev–Trinajstić information content (AvgIpc) is 3.43. The molecule has 77 heavy (non-hydrogen) atoms. The van der Waals surface area contributed by atoms with Crippen LogP contribution in [0.5, 0.6) is 5.75 Å². The molecule has 5 aromatic carbocycles. The largest absolute Gasteiger partial charge is 0.545 e. The number of benzene rings is 6. The minimum absolute atomic E-state index is 0.0219. The number of amides is 2. The van der Waals surface area contributed by atoms with Gasteiger partial charge in [-0.3, -0.25) is 34.6 Å². The van der Waals surface area contributed by atoms with Gasteiger partial charge in [0.05, 0.1) is 74.0 Å². The molecule has 2 amide bonds. The smallest absolute Gasteiger partial charge is 0.276 e. The van der Waals surface area contributed by atoms with Gasteiger partial charge in [0.1, 0.15) is 31.2 Å². The van der Waals surface area contributed by atoms with E-state index >= 15 is 0 Å². The number of nitrogens with zero attached hydrogens (tertiary/aromatic N) is 4. The second-order valence-corrected chi connectivity index (χ2v) is 18.9. The lowest BCUT2D eigenvalue weighted by Gasteiger charge is -2.20. The minimum atomic E-state index is -1.43. The van der Waals surface area contributed by atoms with Crippen molar-refractivity contribution in [2.45, 2.75) is 24.5 Å². The molecule has 0 radical (unpaired) electrons. The van der Waals surface area contributed by atoms with Crippen LogP contribution in [0.4, 0.5) is 17.1 Å². The third kappa shape index (κ3) is 15.2. The summed E-state index contributed by atoms with van der Waals surface area (Å²) in [6.07, 6.45) is 2.98. The zero-order valence-electron chi connectivity index (χ0n) is 42.4. The Bertz CT molecular complexity index is 3390. The summed E-state index contributed by atoms with van der Waals surface area (Å²) in [6, 6.07) is 30.5. The predicted octanol–water partition coefficient (Wildman–Crippen LogP) is 6.36. The number of anilines is 1. The first kappa shape index (κ1) is 56.0. The summed E-state index contributed by atoms with van der Waals surface area (Å²) in [5, 5.41) is 51.8. The highest BCUT2D eigenvalue weighted by Crippen LogP contribution is 2.42. The Morgan fingerprint density at radius 2 is 1.43 bits per heavy atom. The molecule has 0 unspecified atom stereocenters. The van der Waals surface area contributed by atoms with Gasteiger partial charge in [0.2, 0.25) is 16.4 Å². The number of thioether (sulfide) groups is 1. The summed E-state index contributed by atoms with van der Waals surface area (Å²) in [6.45, 7) is 1.23. The lowest BCUT2D eigenvalue weighted by molar-refractivity contribution is -0.394. The Morgan fingerprint density at radius 3 is 2.10 bits per heavy atom. The first-order chi connectivity index (χ1) is 36.9. The fourth-order valence-electron chi connectivity index (χ4n) is 8.03. The second kappa shape index (κ2) is 26.1. The van der Waals surface area contributed by atoms with Crippen molar-refractivity contribution in [3.8, 4) is 28.2 Å². The maximum atomic E-state index is 13.2. The molecule has 0 saturated heterocycles. The van der Waals surface area contributed by atoms with Crippen LogP contribution in [-0.4, -0.2) is 106 Å². The van der Waals surface area contributed by atoms with Crippen LogP contribution >= 0.6 is 11.8 Å². The van der Waals surface area contributed by atoms with Gasteiger partial charge in [-0.1, -0.05) is 30.3 Å². The van der Waals surface area contributed by atoms with Crippen molar-refractivity contribution in [2.24, 2.45) is 0 Å². The molecule has 1 heterocycles. The Labute approximate surface area is 445 Å². The van der Waals surface area contributed by atoms with Gasteiger partial charge >= 0.3 is 0 Å². The number of carbonyl (C=O) groups excluding carboxylic acids is 4. The molecule has 21 heteroatoms. The number of non-ortho nitro benzene ring substituents is 2. The van der Waals surface area contributed by atoms with Crippen molar-refractivity contribution in [2.75, 3.05) is 72.7 Å². The summed E-state index contributed by atoms with van der Waals surface area (Å²) in [5.41, 5.74) is 4.39. The molecular formula is C56H54N6O14S. The maximum absolute atomic E-state index is 13.2. The van der Waals surface area contributed by atoms with Crippen LogP contribution in [0.3, 0.4) is 0 Å². The van der Waals surface area contributed by atoms with Crippen LogP contribution in [0.25, 0.3) is 39.5 Å². The Balaban J connectivity index is 0.816. The van der Waals surface area contributed by atoms with E-state index in [0.29, 0.717) is 55.0 Å². The Kier molecular flexibility index (Phi) is 19.0. The van der Waals surface area contributed by atoms with Gasteiger partial charge in [0.25, 0.3) is 17.3 Å². The number of rotatable bonds is 24. The second-order valence-electron chi connectivity index (χ2n) is 17.8. The van der Waals surface area contributed by atoms with Crippen molar-refractivity contribution in [3.63, 3.8) is 0 Å². The number of phenolic OH excluding ortho intramolecular Hbond substituents is 1. The van der Waals surface area contributed by atoms with E-state index in [4.69, 9.17) is 18.6 Å². The molecule has 0 atom stereocenters. The number of ether oxygens (including phenoxy) is 3. The Morgan fingerprint density at radius 1 is 0.740 bits per heavy atom. The number of fused-ring (bicyclic) bond motifs is 2. The van der Waals surface area contributed by atoms with E-state index in [2.05, 4.69) is 10.6 Å². The van der Waals surface area contributed by atoms with Gasteiger partial charge in [-0.2, -0.15) is 0 Å². The highest BCUT2D eigenvalue weighted by Gasteiger charge is 2.23. The van der Waals surface area contributed by atoms with Gasteiger partial charge in [0, 0.05) is 89.7 Å². The lowest BCUT2D eigenvalue weighted by Crippen LogP contribution is -2.29. The molecule has 7 rings (SSSR count). The van der Waals surface area contributed by atoms with Gasteiger partial charge in [-0.05, 0) is 100 Å². The maximum Gasteiger partial charge on any atom is 0.276 e. The molecule has 0 fully saturated rings. The van der Waals surface area contributed by atoms with E-state index in [1.165, 1.54) is 24.3 Å². The number of hydrogen-bond acceptors (Lipinski definition) is 16. The third-order valence-corrected chi connectivity index (χ3v) is 12.8. The molecular weight excluding hydrogens is 1010 g/mol. The van der Waals surface area contributed by atoms with Crippen LogP contribution < -0.4 is 30.6 Å². The zero-order valence-corrected chi connectivity index (χ0v) is 43.3. The summed E-state index contributed by atoms with van der Waals surface area (Å²) in [7, 11) is 7.68. The van der Waals surface area contributed by atoms with E-state index in [1.54, 1.807) is 48.5 Å². The van der Waals surface area contributed by atoms with Crippen molar-refractivity contribution in [3.05, 3.63) is 180 Å². The molecule has 1 aliphatic carbocycles. The molecule has 1 aliphatic heterocycles. The molecule has 0 spiro atoms. The zero-order chi connectivity index (χ0) is 55.2. The van der Waals surface area contributed by atoms with Gasteiger partial charge < -0.3 is 49.2 Å². The summed E-state index contributed by atoms with van der Waals surface area (Å²) in [4.78, 5) is 74.8. The van der Waals surface area contributed by atoms with E-state index in [1.807, 2.05) is 74.1 Å². The molecule has 0 aromatic heterocycles. The predicted molar refractivity (Wildman–Crippen MR) is 287 cm³/mol. The SMILES string of the molecule is CN(C)c1ccc2c(-c3ccc(C(=O)NCCOCCOCCOCc4cc(O)ccc4/C=C/C(=O)Sc4ccc(CC(=O)NCc5cc([N+](=O)[O-])cc([N+](=O)[O-])c5)cc4)cc3C(=O)[O-])c3ccc(=[N+](C)C)cc-3oc2c1. The van der Waals surface area contributed by atoms with Gasteiger partial charge in [0.15, 0.2) is 0 Å². The topological polar surface area (TPSA) is 269 Å². The highest BCUT2D eigenvalue weighted by molar-refractivity contribution is 8.14. The van der Waals surface area contributed by atoms with E-state index in [9.17, 15) is 49.6 Å². The quantitative estimate of drug-likeness (QED) is 0.0113. The van der Waals surface area contributed by atoms with Crippen molar-refractivity contribution in [1.82, 2.24) is 15.2 Å². The van der Waals surface area contributed by atoms with E-state index in [-0.39, 0.29) is 86.7 Å². The number of nitro groups is 2. The fraction of sp³-hybridized carbons (Fsp3) is 0.232. The van der Waals surface area contributed by atoms with Crippen molar-refractivity contribution < 1.29 is 57.9 Å². The summed E-state index contributed by atoms with van der Waals surface area (Å²) < 4.78 is 25.4. The van der Waals surface area contributed by atoms with Gasteiger partial charge in [-0.15, -0.1) is 0 Å². The molecule has 398 valence electrons. The molecule has 2 aliphatic rings. The van der Waals surface area contributed by atoms with E-state index in [0.717, 1.165) is 41.0 Å². The molecule has 20 nitrogen and oxygen atoms in total. The molecule has 0 saturated carbocycles. The average molecular weight is 1070 g/mol. The highest BCUT2D eigenvalue weighted by atomic mass is 32.2. The Hall–Kier alpha value is -8.76. The number of nitro benzene ring substituents is 2. The standard InChI is InChI=1S/C56H54N6O14S/c1-59(2)40-10-16-47-50(31-40)76-51-32-41(60(3)4)11-17-48(51)54(47)46-15-8-38(29-49(46)56(67)68)55(66)57-19-20-73-21-22-74-23-24-75-34-39-28-44(63)12-7-37(39)9-18-53(65)77-45-13-5-35(6-14-45)27-52(64)58-33-36-25-42(61(69)70)30-43(26-36)62(71)72/h5-18,25-26,28-32H,19-24,27,33-34H2,1-4H3,(H3-,57,58,63,64,65,66,67,68). The van der Waals surface area contributed by atoms with Gasteiger partial charge in [-0.25, -0.2) is 4.58 Å². The first-order valence-electron chi connectivity index (χ1n) is 24.0. The first-order valence-corrected chi connectivity index (χ1v) is 24.8. The van der Waals surface area contributed by atoms with Crippen LogP contribution in [0.1, 0.15) is 43.0 Å². The normalized spacial score (nSPS) is 11.2. The van der Waals surface area contributed by atoms with Crippen LogP contribution in [-0.2, 0) is 43.4 Å². The number of nitrogens with one attached hydrogen (secondary N) is 2. The number of aromatic hydroxyl groups is 1. The summed E-state index contributed by atoms with van der Waals surface area (Å²) in [5.74, 6) is -1.74. The van der Waals surface area contributed by atoms with Crippen LogP contribution in [0.2, 0.25) is 0 Å². The number of aromatic carboxylic acids is 1. The number of carboxylic acid groups (broad SMARTS) is 1. The molecule has 0 bridgehead atoms. The van der Waals surface area contributed by atoms with Crippen molar-refractivity contribution >= 4 is 68.8 Å². The third-order valence-electron chi connectivity index (χ3n) is 11.9. The fourth-order valence-corrected chi connectivity index (χ4v) is 8.67. The van der Waals surface area contributed by atoms with Crippen LogP contribution in [0, 0.1) is 20.2 Å². The number of carboxylic acids is 1. The molecule has 5 aromatic rings. The van der Waals surface area contributed by atoms with E-state index < -0.39 is 39.0 Å². The number of phenols is 1. The lowest BCUT2D eigenvalue weighted by atomic mass is 9.89. The van der Waals surface area contributed by atoms with Crippen molar-refractivity contribution in [1.29, 1.82) is 0 Å². The number of carbonyl (C=O) groups is 4. The molecule has 3 N–H and O–H groups in total. The number of hydrogen-bond donors (Lipinski definition) is 3. The summed E-state index contributed by atoms with van der Waals surface area (Å²) >= 11 is 0.966. The minimum Gasteiger partial charge on any atom is -0.545 e.